The maximum Gasteiger partial charge on any atom is 0.159 e. The van der Waals surface area contributed by atoms with Crippen molar-refractivity contribution in [1.82, 2.24) is 0 Å². The van der Waals surface area contributed by atoms with Crippen molar-refractivity contribution < 1.29 is 23.8 Å². The molecule has 2 fully saturated rings. The smallest absolute Gasteiger partial charge is 0.159 e. The summed E-state index contributed by atoms with van der Waals surface area (Å²) in [4.78, 5) is 22.4. The lowest BCUT2D eigenvalue weighted by atomic mass is 9.72. The Bertz CT molecular complexity index is 1460. The second-order valence-corrected chi connectivity index (χ2v) is 18.2. The Morgan fingerprint density at radius 1 is 0.596 bits per heavy atom. The predicted molar refractivity (Wildman–Crippen MR) is 218 cm³/mol. The van der Waals surface area contributed by atoms with E-state index in [9.17, 15) is 9.59 Å². The van der Waals surface area contributed by atoms with Gasteiger partial charge in [0.25, 0.3) is 0 Å². The normalized spacial score (nSPS) is 23.8. The van der Waals surface area contributed by atoms with Crippen LogP contribution in [-0.4, -0.2) is 30.4 Å². The van der Waals surface area contributed by atoms with Gasteiger partial charge in [0.1, 0.15) is 11.5 Å². The fourth-order valence-electron chi connectivity index (χ4n) is 7.82. The summed E-state index contributed by atoms with van der Waals surface area (Å²) in [7, 11) is 0. The van der Waals surface area contributed by atoms with E-state index in [1.807, 2.05) is 37.3 Å². The molecule has 0 aliphatic heterocycles. The van der Waals surface area contributed by atoms with Crippen molar-refractivity contribution in [2.45, 2.75) is 151 Å². The van der Waals surface area contributed by atoms with Gasteiger partial charge in [-0.05, 0) is 154 Å². The molecule has 4 aliphatic rings. The highest BCUT2D eigenvalue weighted by molar-refractivity contribution is 9.10. The van der Waals surface area contributed by atoms with Crippen LogP contribution < -0.4 is 9.47 Å². The molecule has 6 heteroatoms. The molecule has 0 spiro atoms. The average molecular weight is 778 g/mol. The van der Waals surface area contributed by atoms with Crippen molar-refractivity contribution in [3.05, 3.63) is 76.5 Å². The number of hydrogen-bond acceptors (Lipinski definition) is 5. The van der Waals surface area contributed by atoms with Gasteiger partial charge in [-0.1, -0.05) is 69.6 Å². The molecular formula is C46H65BrO5. The highest BCUT2D eigenvalue weighted by Crippen LogP contribution is 2.40. The van der Waals surface area contributed by atoms with Gasteiger partial charge >= 0.3 is 0 Å². The van der Waals surface area contributed by atoms with Gasteiger partial charge in [0.05, 0.1) is 24.6 Å². The molecule has 0 atom stereocenters. The number of benzene rings is 2. The van der Waals surface area contributed by atoms with Gasteiger partial charge in [0, 0.05) is 29.8 Å². The molecule has 0 bridgehead atoms. The Kier molecular flexibility index (Phi) is 16.1. The molecule has 0 N–H and O–H groups in total. The van der Waals surface area contributed by atoms with E-state index in [1.165, 1.54) is 44.1 Å². The van der Waals surface area contributed by atoms with Crippen LogP contribution in [0, 0.1) is 22.7 Å². The third kappa shape index (κ3) is 14.2. The fourth-order valence-corrected chi connectivity index (χ4v) is 8.08. The minimum atomic E-state index is 0.203. The van der Waals surface area contributed by atoms with Gasteiger partial charge in [-0.25, -0.2) is 0 Å². The number of ketones is 2. The Balaban J connectivity index is 0.000000190. The summed E-state index contributed by atoms with van der Waals surface area (Å²) in [5.41, 5.74) is 3.19. The van der Waals surface area contributed by atoms with Crippen LogP contribution in [0.25, 0.3) is 5.57 Å². The number of allylic oxidation sites excluding steroid dienone is 4. The molecule has 0 heterocycles. The first-order chi connectivity index (χ1) is 24.7. The zero-order chi connectivity index (χ0) is 37.7. The highest BCUT2D eigenvalue weighted by atomic mass is 79.9. The van der Waals surface area contributed by atoms with Crippen LogP contribution in [0.4, 0.5) is 0 Å². The molecule has 0 saturated heterocycles. The summed E-state index contributed by atoms with van der Waals surface area (Å²) in [5.74, 6) is 4.94. The minimum absolute atomic E-state index is 0.203. The third-order valence-corrected chi connectivity index (χ3v) is 11.7. The molecule has 286 valence electrons. The van der Waals surface area contributed by atoms with Crippen LogP contribution >= 0.6 is 15.9 Å². The summed E-state index contributed by atoms with van der Waals surface area (Å²) in [6.45, 7) is 16.7. The van der Waals surface area contributed by atoms with Gasteiger partial charge in [0.2, 0.25) is 0 Å². The van der Waals surface area contributed by atoms with Gasteiger partial charge in [-0.3, -0.25) is 9.59 Å². The van der Waals surface area contributed by atoms with Crippen LogP contribution in [0.3, 0.4) is 0 Å². The molecule has 2 aromatic carbocycles. The van der Waals surface area contributed by atoms with Crippen molar-refractivity contribution >= 4 is 33.1 Å². The SMILES string of the molecule is CC(C)(C)C1CCC(Oc2ccc(Br)cc2)CC1.CC(C)(C)C1CCC(Oc2ccc(C3=CC(=O)CCC3)cc2)CC1.CCOC1=CC(=O)CCC1. The molecule has 0 aromatic heterocycles. The van der Waals surface area contributed by atoms with E-state index in [2.05, 4.69) is 81.7 Å². The first-order valence-corrected chi connectivity index (χ1v) is 20.8. The quantitative estimate of drug-likeness (QED) is 0.280. The molecule has 2 aromatic rings. The lowest BCUT2D eigenvalue weighted by molar-refractivity contribution is -0.116. The van der Waals surface area contributed by atoms with Crippen LogP contribution in [-0.2, 0) is 14.3 Å². The lowest BCUT2D eigenvalue weighted by Crippen LogP contribution is -2.30. The topological polar surface area (TPSA) is 61.8 Å². The molecule has 0 amide bonds. The maximum atomic E-state index is 11.6. The summed E-state index contributed by atoms with van der Waals surface area (Å²) in [6, 6.07) is 16.5. The maximum absolute atomic E-state index is 11.6. The summed E-state index contributed by atoms with van der Waals surface area (Å²) in [5, 5.41) is 0. The molecule has 4 aliphatic carbocycles. The first kappa shape index (κ1) is 41.9. The van der Waals surface area contributed by atoms with Gasteiger partial charge < -0.3 is 14.2 Å². The van der Waals surface area contributed by atoms with E-state index >= 15 is 0 Å². The summed E-state index contributed by atoms with van der Waals surface area (Å²) >= 11 is 3.44. The monoisotopic (exact) mass is 776 g/mol. The molecule has 5 nitrogen and oxygen atoms in total. The zero-order valence-corrected chi connectivity index (χ0v) is 34.7. The molecule has 0 radical (unpaired) electrons. The number of ether oxygens (including phenoxy) is 3. The fraction of sp³-hybridized carbons (Fsp3) is 0.609. The van der Waals surface area contributed by atoms with E-state index in [1.54, 1.807) is 6.08 Å². The van der Waals surface area contributed by atoms with Crippen molar-refractivity contribution in [3.63, 3.8) is 0 Å². The van der Waals surface area contributed by atoms with Crippen molar-refractivity contribution in [3.8, 4) is 11.5 Å². The standard InChI is InChI=1S/C22H30O2.C16H23BrO.C8H12O2/c1-22(2,3)18-9-13-21(14-10-18)24-20-11-7-16(8-12-20)17-5-4-6-19(23)15-17;1-16(2,3)12-4-8-14(9-5-12)18-15-10-6-13(17)7-11-15;1-2-10-8-5-3-4-7(9)6-8/h7-8,11-12,15,18,21H,4-6,9-10,13-14H2,1-3H3;6-7,10-12,14H,4-5,8-9H2,1-3H3;6H,2-5H2,1H3. The average Bonchev–Trinajstić information content (AvgIpc) is 3.10. The number of carbonyl (C=O) groups is 2. The third-order valence-electron chi connectivity index (χ3n) is 11.1. The Morgan fingerprint density at radius 3 is 1.46 bits per heavy atom. The second-order valence-electron chi connectivity index (χ2n) is 17.2. The van der Waals surface area contributed by atoms with Crippen LogP contribution in [0.2, 0.25) is 0 Å². The Morgan fingerprint density at radius 2 is 1.04 bits per heavy atom. The molecule has 6 rings (SSSR count). The van der Waals surface area contributed by atoms with E-state index in [0.717, 1.165) is 77.7 Å². The second kappa shape index (κ2) is 20.0. The first-order valence-electron chi connectivity index (χ1n) is 20.0. The highest BCUT2D eigenvalue weighted by Gasteiger charge is 2.31. The van der Waals surface area contributed by atoms with Gasteiger partial charge in [-0.15, -0.1) is 0 Å². The van der Waals surface area contributed by atoms with E-state index in [-0.39, 0.29) is 11.6 Å². The molecule has 52 heavy (non-hydrogen) atoms. The number of hydrogen-bond donors (Lipinski definition) is 0. The summed E-state index contributed by atoms with van der Waals surface area (Å²) in [6.07, 6.45) is 19.3. The lowest BCUT2D eigenvalue weighted by Gasteiger charge is -2.37. The zero-order valence-electron chi connectivity index (χ0n) is 33.1. The predicted octanol–water partition coefficient (Wildman–Crippen LogP) is 12.9. The molecule has 2 saturated carbocycles. The number of halogens is 1. The van der Waals surface area contributed by atoms with Crippen molar-refractivity contribution in [1.29, 1.82) is 0 Å². The van der Waals surface area contributed by atoms with Crippen LogP contribution in [0.5, 0.6) is 11.5 Å². The van der Waals surface area contributed by atoms with E-state index < -0.39 is 0 Å². The van der Waals surface area contributed by atoms with Crippen molar-refractivity contribution in [2.24, 2.45) is 22.7 Å². The van der Waals surface area contributed by atoms with E-state index in [4.69, 9.17) is 14.2 Å². The minimum Gasteiger partial charge on any atom is -0.498 e. The van der Waals surface area contributed by atoms with Crippen LogP contribution in [0.15, 0.2) is 70.9 Å². The largest absolute Gasteiger partial charge is 0.498 e. The molecular weight excluding hydrogens is 712 g/mol. The number of rotatable bonds is 7. The molecule has 0 unspecified atom stereocenters. The number of carbonyl (C=O) groups excluding carboxylic acids is 2. The Labute approximate surface area is 323 Å². The van der Waals surface area contributed by atoms with E-state index in [0.29, 0.717) is 42.5 Å². The van der Waals surface area contributed by atoms with Crippen LogP contribution in [0.1, 0.15) is 144 Å². The van der Waals surface area contributed by atoms with Gasteiger partial charge in [-0.2, -0.15) is 0 Å². The van der Waals surface area contributed by atoms with Gasteiger partial charge in [0.15, 0.2) is 11.6 Å². The van der Waals surface area contributed by atoms with Crippen molar-refractivity contribution in [2.75, 3.05) is 6.61 Å². The Hall–Kier alpha value is -2.86. The summed E-state index contributed by atoms with van der Waals surface area (Å²) < 4.78 is 18.5.